The van der Waals surface area contributed by atoms with Crippen LogP contribution in [0, 0.1) is 0 Å². The van der Waals surface area contributed by atoms with Gasteiger partial charge in [0.25, 0.3) is 0 Å². The quantitative estimate of drug-likeness (QED) is 0.492. The zero-order chi connectivity index (χ0) is 13.5. The van der Waals surface area contributed by atoms with Crippen molar-refractivity contribution >= 4 is 17.9 Å². The minimum Gasteiger partial charge on any atom is -0.480 e. The zero-order valence-corrected chi connectivity index (χ0v) is 9.85. The lowest BCUT2D eigenvalue weighted by molar-refractivity contribution is -0.140. The molecule has 2 unspecified atom stereocenters. The largest absolute Gasteiger partial charge is 0.480 e. The van der Waals surface area contributed by atoms with E-state index in [2.05, 4.69) is 10.6 Å². The van der Waals surface area contributed by atoms with Crippen LogP contribution in [0.2, 0.25) is 0 Å². The molecular formula is C10H17N3O5. The summed E-state index contributed by atoms with van der Waals surface area (Å²) in [6.07, 6.45) is 1.18. The van der Waals surface area contributed by atoms with Gasteiger partial charge in [0.15, 0.2) is 0 Å². The van der Waals surface area contributed by atoms with E-state index in [9.17, 15) is 14.4 Å². The molecule has 0 bridgehead atoms. The number of urea groups is 1. The first-order valence-electron chi connectivity index (χ1n) is 5.65. The van der Waals surface area contributed by atoms with Gasteiger partial charge in [-0.1, -0.05) is 0 Å². The molecule has 1 fully saturated rings. The Bertz CT molecular complexity index is 327. The second kappa shape index (κ2) is 6.80. The molecule has 0 aromatic heterocycles. The number of carbonyl (C=O) groups excluding carboxylic acids is 2. The fraction of sp³-hybridized carbons (Fsp3) is 0.700. The van der Waals surface area contributed by atoms with Crippen molar-refractivity contribution in [2.75, 3.05) is 13.2 Å². The molecule has 0 spiro atoms. The molecule has 102 valence electrons. The van der Waals surface area contributed by atoms with E-state index in [1.54, 1.807) is 0 Å². The van der Waals surface area contributed by atoms with E-state index < -0.39 is 30.4 Å². The van der Waals surface area contributed by atoms with Crippen LogP contribution in [-0.4, -0.2) is 48.3 Å². The first-order chi connectivity index (χ1) is 8.49. The Morgan fingerprint density at radius 1 is 1.44 bits per heavy atom. The molecule has 3 amide bonds. The molecule has 8 nitrogen and oxygen atoms in total. The van der Waals surface area contributed by atoms with Crippen LogP contribution in [0.3, 0.4) is 0 Å². The van der Waals surface area contributed by atoms with Crippen LogP contribution in [0.25, 0.3) is 0 Å². The Kier molecular flexibility index (Phi) is 5.37. The number of ether oxygens (including phenoxy) is 1. The number of carboxylic acid groups (broad SMARTS) is 1. The first-order valence-corrected chi connectivity index (χ1v) is 5.65. The van der Waals surface area contributed by atoms with Crippen LogP contribution in [0.1, 0.15) is 19.3 Å². The maximum atomic E-state index is 11.5. The zero-order valence-electron chi connectivity index (χ0n) is 9.85. The third kappa shape index (κ3) is 5.00. The Hall–Kier alpha value is -1.83. The molecule has 0 aliphatic carbocycles. The molecule has 1 heterocycles. The summed E-state index contributed by atoms with van der Waals surface area (Å²) in [6, 6.07) is -2.09. The third-order valence-electron chi connectivity index (χ3n) is 2.50. The second-order valence-electron chi connectivity index (χ2n) is 4.09. The van der Waals surface area contributed by atoms with Crippen LogP contribution in [0.15, 0.2) is 0 Å². The molecule has 0 aromatic carbocycles. The van der Waals surface area contributed by atoms with Gasteiger partial charge in [-0.2, -0.15) is 0 Å². The fourth-order valence-electron chi connectivity index (χ4n) is 1.64. The second-order valence-corrected chi connectivity index (χ2v) is 4.09. The van der Waals surface area contributed by atoms with E-state index in [1.807, 2.05) is 0 Å². The lowest BCUT2D eigenvalue weighted by Gasteiger charge is -2.24. The lowest BCUT2D eigenvalue weighted by Crippen LogP contribution is -2.51. The monoisotopic (exact) mass is 259 g/mol. The molecule has 0 saturated carbocycles. The van der Waals surface area contributed by atoms with Crippen LogP contribution in [-0.2, 0) is 14.3 Å². The highest BCUT2D eigenvalue weighted by Crippen LogP contribution is 2.05. The molecular weight excluding hydrogens is 242 g/mol. The summed E-state index contributed by atoms with van der Waals surface area (Å²) in [5, 5.41) is 13.6. The number of hydrogen-bond donors (Lipinski definition) is 4. The Morgan fingerprint density at radius 3 is 2.67 bits per heavy atom. The predicted octanol–water partition coefficient (Wildman–Crippen LogP) is -1.21. The summed E-state index contributed by atoms with van der Waals surface area (Å²) in [7, 11) is 0. The van der Waals surface area contributed by atoms with Gasteiger partial charge in [-0.25, -0.2) is 9.59 Å². The highest BCUT2D eigenvalue weighted by atomic mass is 16.5. The van der Waals surface area contributed by atoms with E-state index in [-0.39, 0.29) is 6.04 Å². The number of carbonyl (C=O) groups is 3. The topological polar surface area (TPSA) is 131 Å². The van der Waals surface area contributed by atoms with Gasteiger partial charge in [0.05, 0.1) is 19.1 Å². The minimum atomic E-state index is -1.31. The number of aliphatic carboxylic acids is 1. The van der Waals surface area contributed by atoms with Crippen molar-refractivity contribution in [1.29, 1.82) is 0 Å². The first kappa shape index (κ1) is 14.2. The summed E-state index contributed by atoms with van der Waals surface area (Å²) in [6.45, 7) is 1.07. The maximum Gasteiger partial charge on any atom is 0.326 e. The van der Waals surface area contributed by atoms with Crippen molar-refractivity contribution in [1.82, 2.24) is 10.6 Å². The van der Waals surface area contributed by atoms with Gasteiger partial charge in [-0.05, 0) is 12.8 Å². The Labute approximate surface area is 104 Å². The average molecular weight is 259 g/mol. The fourth-order valence-corrected chi connectivity index (χ4v) is 1.64. The van der Waals surface area contributed by atoms with Gasteiger partial charge in [0.2, 0.25) is 5.91 Å². The van der Waals surface area contributed by atoms with E-state index in [1.165, 1.54) is 0 Å². The minimum absolute atomic E-state index is 0.137. The number of carboxylic acids is 1. The number of hydrogen-bond acceptors (Lipinski definition) is 4. The van der Waals surface area contributed by atoms with Gasteiger partial charge in [0, 0.05) is 6.61 Å². The van der Waals surface area contributed by atoms with Crippen molar-refractivity contribution in [3.05, 3.63) is 0 Å². The van der Waals surface area contributed by atoms with Gasteiger partial charge in [-0.3, -0.25) is 4.79 Å². The summed E-state index contributed by atoms with van der Waals surface area (Å²) in [5.41, 5.74) is 4.90. The maximum absolute atomic E-state index is 11.5. The number of rotatable bonds is 5. The molecule has 5 N–H and O–H groups in total. The highest BCUT2D eigenvalue weighted by Gasteiger charge is 2.23. The van der Waals surface area contributed by atoms with E-state index in [4.69, 9.17) is 15.6 Å². The summed E-state index contributed by atoms with van der Waals surface area (Å²) < 4.78 is 5.17. The Morgan fingerprint density at radius 2 is 2.17 bits per heavy atom. The van der Waals surface area contributed by atoms with Crippen LogP contribution in [0.5, 0.6) is 0 Å². The van der Waals surface area contributed by atoms with Crippen molar-refractivity contribution in [2.45, 2.75) is 31.3 Å². The van der Waals surface area contributed by atoms with Gasteiger partial charge in [-0.15, -0.1) is 0 Å². The number of nitrogens with two attached hydrogens (primary N) is 1. The van der Waals surface area contributed by atoms with E-state index in [0.29, 0.717) is 13.2 Å². The third-order valence-corrected chi connectivity index (χ3v) is 2.50. The van der Waals surface area contributed by atoms with Gasteiger partial charge >= 0.3 is 12.0 Å². The molecule has 2 atom stereocenters. The van der Waals surface area contributed by atoms with E-state index >= 15 is 0 Å². The SMILES string of the molecule is NC(=O)CC(NC(=O)NC1CCCOC1)C(=O)O. The van der Waals surface area contributed by atoms with Crippen molar-refractivity contribution in [3.8, 4) is 0 Å². The molecule has 8 heteroatoms. The van der Waals surface area contributed by atoms with Crippen LogP contribution < -0.4 is 16.4 Å². The molecule has 1 rings (SSSR count). The van der Waals surface area contributed by atoms with Gasteiger partial charge in [0.1, 0.15) is 6.04 Å². The lowest BCUT2D eigenvalue weighted by atomic mass is 10.1. The van der Waals surface area contributed by atoms with Crippen LogP contribution in [0.4, 0.5) is 4.79 Å². The Balaban J connectivity index is 2.40. The number of amides is 3. The molecule has 18 heavy (non-hydrogen) atoms. The standard InChI is InChI=1S/C10H17N3O5/c11-8(14)4-7(9(15)16)13-10(17)12-6-2-1-3-18-5-6/h6-7H,1-5H2,(H2,11,14)(H,15,16)(H2,12,13,17). The van der Waals surface area contributed by atoms with Crippen LogP contribution >= 0.6 is 0 Å². The normalized spacial score (nSPS) is 20.8. The smallest absolute Gasteiger partial charge is 0.326 e. The molecule has 1 aliphatic heterocycles. The summed E-state index contributed by atoms with van der Waals surface area (Å²) in [5.74, 6) is -2.09. The molecule has 1 saturated heterocycles. The van der Waals surface area contributed by atoms with Crippen molar-refractivity contribution in [3.63, 3.8) is 0 Å². The summed E-state index contributed by atoms with van der Waals surface area (Å²) >= 11 is 0. The molecule has 1 aliphatic rings. The average Bonchev–Trinajstić information content (AvgIpc) is 2.28. The van der Waals surface area contributed by atoms with Crippen molar-refractivity contribution < 1.29 is 24.2 Å². The molecule has 0 radical (unpaired) electrons. The number of primary amides is 1. The summed E-state index contributed by atoms with van der Waals surface area (Å²) in [4.78, 5) is 33.0. The predicted molar refractivity (Wildman–Crippen MR) is 60.7 cm³/mol. The molecule has 0 aromatic rings. The van der Waals surface area contributed by atoms with Gasteiger partial charge < -0.3 is 26.2 Å². The highest BCUT2D eigenvalue weighted by molar-refractivity contribution is 5.87. The van der Waals surface area contributed by atoms with Crippen molar-refractivity contribution in [2.24, 2.45) is 5.73 Å². The van der Waals surface area contributed by atoms with E-state index in [0.717, 1.165) is 12.8 Å². The number of nitrogens with one attached hydrogen (secondary N) is 2.